The number of hydrogen-bond donors (Lipinski definition) is 0. The first kappa shape index (κ1) is 12.0. The summed E-state index contributed by atoms with van der Waals surface area (Å²) in [7, 11) is 0. The van der Waals surface area contributed by atoms with Gasteiger partial charge in [0.25, 0.3) is 0 Å². The van der Waals surface area contributed by atoms with E-state index in [9.17, 15) is 4.39 Å². The SMILES string of the molecule is Cc1ccncc1-c1ncsc1-c1ccccc1F. The first-order chi connectivity index (χ1) is 9.27. The smallest absolute Gasteiger partial charge is 0.131 e. The van der Waals surface area contributed by atoms with E-state index >= 15 is 0 Å². The third kappa shape index (κ3) is 2.15. The van der Waals surface area contributed by atoms with Crippen LogP contribution in [-0.4, -0.2) is 9.97 Å². The lowest BCUT2D eigenvalue weighted by atomic mass is 10.0. The Hall–Kier alpha value is -2.07. The van der Waals surface area contributed by atoms with Gasteiger partial charge in [0.15, 0.2) is 0 Å². The predicted molar refractivity (Wildman–Crippen MR) is 75.5 cm³/mol. The van der Waals surface area contributed by atoms with Crippen LogP contribution in [0.1, 0.15) is 5.56 Å². The summed E-state index contributed by atoms with van der Waals surface area (Å²) in [5.41, 5.74) is 5.15. The van der Waals surface area contributed by atoms with Crippen LogP contribution in [-0.2, 0) is 0 Å². The van der Waals surface area contributed by atoms with Crippen LogP contribution in [0, 0.1) is 12.7 Å². The van der Waals surface area contributed by atoms with Crippen molar-refractivity contribution in [2.24, 2.45) is 0 Å². The van der Waals surface area contributed by atoms with Crippen molar-refractivity contribution >= 4 is 11.3 Å². The fourth-order valence-corrected chi connectivity index (χ4v) is 2.82. The van der Waals surface area contributed by atoms with Crippen LogP contribution in [0.25, 0.3) is 21.7 Å². The average molecular weight is 270 g/mol. The summed E-state index contributed by atoms with van der Waals surface area (Å²) < 4.78 is 13.9. The maximum Gasteiger partial charge on any atom is 0.131 e. The van der Waals surface area contributed by atoms with Gasteiger partial charge in [-0.25, -0.2) is 9.37 Å². The van der Waals surface area contributed by atoms with Gasteiger partial charge in [-0.15, -0.1) is 11.3 Å². The van der Waals surface area contributed by atoms with Gasteiger partial charge < -0.3 is 0 Å². The molecule has 1 aromatic carbocycles. The van der Waals surface area contributed by atoms with E-state index < -0.39 is 0 Å². The molecule has 0 aliphatic heterocycles. The molecule has 0 saturated heterocycles. The number of hydrogen-bond acceptors (Lipinski definition) is 3. The fraction of sp³-hybridized carbons (Fsp3) is 0.0667. The minimum Gasteiger partial charge on any atom is -0.264 e. The summed E-state index contributed by atoms with van der Waals surface area (Å²) >= 11 is 1.44. The lowest BCUT2D eigenvalue weighted by Gasteiger charge is -2.06. The quantitative estimate of drug-likeness (QED) is 0.693. The Labute approximate surface area is 114 Å². The number of benzene rings is 1. The van der Waals surface area contributed by atoms with Crippen molar-refractivity contribution in [3.8, 4) is 21.7 Å². The monoisotopic (exact) mass is 270 g/mol. The number of thiazole rings is 1. The summed E-state index contributed by atoms with van der Waals surface area (Å²) in [6.45, 7) is 2.00. The van der Waals surface area contributed by atoms with E-state index in [1.807, 2.05) is 19.1 Å². The molecule has 19 heavy (non-hydrogen) atoms. The number of nitrogens with zero attached hydrogens (tertiary/aromatic N) is 2. The van der Waals surface area contributed by atoms with Crippen molar-refractivity contribution in [1.29, 1.82) is 0 Å². The first-order valence-corrected chi connectivity index (χ1v) is 6.74. The van der Waals surface area contributed by atoms with Crippen molar-refractivity contribution in [2.45, 2.75) is 6.92 Å². The lowest BCUT2D eigenvalue weighted by molar-refractivity contribution is 0.631. The van der Waals surface area contributed by atoms with E-state index in [1.54, 1.807) is 30.0 Å². The van der Waals surface area contributed by atoms with Crippen molar-refractivity contribution in [3.63, 3.8) is 0 Å². The van der Waals surface area contributed by atoms with Crippen molar-refractivity contribution in [3.05, 3.63) is 59.6 Å². The van der Waals surface area contributed by atoms with Crippen LogP contribution < -0.4 is 0 Å². The number of aromatic nitrogens is 2. The zero-order valence-corrected chi connectivity index (χ0v) is 11.1. The van der Waals surface area contributed by atoms with Crippen molar-refractivity contribution < 1.29 is 4.39 Å². The second-order valence-electron chi connectivity index (χ2n) is 4.20. The molecule has 4 heteroatoms. The molecule has 3 rings (SSSR count). The Morgan fingerprint density at radius 3 is 2.74 bits per heavy atom. The van der Waals surface area contributed by atoms with Gasteiger partial charge in [0, 0.05) is 23.5 Å². The van der Waals surface area contributed by atoms with Crippen LogP contribution in [0.4, 0.5) is 4.39 Å². The van der Waals surface area contributed by atoms with Crippen LogP contribution >= 0.6 is 11.3 Å². The summed E-state index contributed by atoms with van der Waals surface area (Å²) in [6.07, 6.45) is 3.52. The molecule has 94 valence electrons. The Morgan fingerprint density at radius 1 is 1.11 bits per heavy atom. The minimum absolute atomic E-state index is 0.227. The Bertz CT molecular complexity index is 661. The Morgan fingerprint density at radius 2 is 1.95 bits per heavy atom. The zero-order valence-electron chi connectivity index (χ0n) is 10.3. The number of pyridine rings is 1. The Balaban J connectivity index is 2.20. The molecule has 0 fully saturated rings. The van der Waals surface area contributed by atoms with Gasteiger partial charge in [-0.05, 0) is 24.6 Å². The zero-order chi connectivity index (χ0) is 13.2. The number of rotatable bonds is 2. The van der Waals surface area contributed by atoms with Crippen LogP contribution in [0.5, 0.6) is 0 Å². The van der Waals surface area contributed by atoms with Gasteiger partial charge in [0.2, 0.25) is 0 Å². The standard InChI is InChI=1S/C15H11FN2S/c1-10-6-7-17-8-12(10)14-15(19-9-18-14)11-4-2-3-5-13(11)16/h2-9H,1H3. The number of halogens is 1. The normalized spacial score (nSPS) is 10.6. The molecule has 0 N–H and O–H groups in total. The topological polar surface area (TPSA) is 25.8 Å². The second-order valence-corrected chi connectivity index (χ2v) is 5.06. The highest BCUT2D eigenvalue weighted by Gasteiger charge is 2.15. The minimum atomic E-state index is -0.227. The molecule has 2 heterocycles. The average Bonchev–Trinajstić information content (AvgIpc) is 2.89. The third-order valence-electron chi connectivity index (χ3n) is 2.98. The number of aryl methyl sites for hydroxylation is 1. The van der Waals surface area contributed by atoms with Gasteiger partial charge in [0.05, 0.1) is 16.1 Å². The van der Waals surface area contributed by atoms with Crippen LogP contribution in [0.15, 0.2) is 48.2 Å². The summed E-state index contributed by atoms with van der Waals surface area (Å²) in [5, 5.41) is 0. The van der Waals surface area contributed by atoms with Crippen LogP contribution in [0.3, 0.4) is 0 Å². The first-order valence-electron chi connectivity index (χ1n) is 5.87. The maximum absolute atomic E-state index is 13.9. The van der Waals surface area contributed by atoms with E-state index in [0.717, 1.165) is 21.7 Å². The second kappa shape index (κ2) is 4.90. The molecule has 0 aliphatic rings. The van der Waals surface area contributed by atoms with E-state index in [1.165, 1.54) is 17.4 Å². The molecule has 2 nitrogen and oxygen atoms in total. The molecule has 0 saturated carbocycles. The lowest BCUT2D eigenvalue weighted by Crippen LogP contribution is -1.88. The fourth-order valence-electron chi connectivity index (χ4n) is 1.99. The largest absolute Gasteiger partial charge is 0.264 e. The van der Waals surface area contributed by atoms with E-state index in [4.69, 9.17) is 0 Å². The third-order valence-corrected chi connectivity index (χ3v) is 3.84. The summed E-state index contributed by atoms with van der Waals surface area (Å²) in [6, 6.07) is 8.69. The van der Waals surface area contributed by atoms with Gasteiger partial charge in [-0.1, -0.05) is 18.2 Å². The van der Waals surface area contributed by atoms with Gasteiger partial charge >= 0.3 is 0 Å². The van der Waals surface area contributed by atoms with E-state index in [2.05, 4.69) is 9.97 Å². The highest BCUT2D eigenvalue weighted by Crippen LogP contribution is 2.36. The van der Waals surface area contributed by atoms with Gasteiger partial charge in [0.1, 0.15) is 5.82 Å². The molecule has 0 atom stereocenters. The van der Waals surface area contributed by atoms with E-state index in [0.29, 0.717) is 5.56 Å². The molecular weight excluding hydrogens is 259 g/mol. The Kier molecular flexibility index (Phi) is 3.09. The molecule has 0 bridgehead atoms. The highest BCUT2D eigenvalue weighted by atomic mass is 32.1. The van der Waals surface area contributed by atoms with Gasteiger partial charge in [-0.3, -0.25) is 4.98 Å². The molecule has 0 unspecified atom stereocenters. The molecule has 0 amide bonds. The molecule has 0 aliphatic carbocycles. The maximum atomic E-state index is 13.9. The predicted octanol–water partition coefficient (Wildman–Crippen LogP) is 4.32. The molecule has 3 aromatic rings. The molecular formula is C15H11FN2S. The van der Waals surface area contributed by atoms with E-state index in [-0.39, 0.29) is 5.82 Å². The molecule has 0 radical (unpaired) electrons. The highest BCUT2D eigenvalue weighted by molar-refractivity contribution is 7.13. The summed E-state index contributed by atoms with van der Waals surface area (Å²) in [4.78, 5) is 9.35. The molecule has 0 spiro atoms. The van der Waals surface area contributed by atoms with Crippen molar-refractivity contribution in [2.75, 3.05) is 0 Å². The summed E-state index contributed by atoms with van der Waals surface area (Å²) in [5.74, 6) is -0.227. The molecule has 2 aromatic heterocycles. The van der Waals surface area contributed by atoms with Crippen LogP contribution in [0.2, 0.25) is 0 Å². The van der Waals surface area contributed by atoms with Gasteiger partial charge in [-0.2, -0.15) is 0 Å². The van der Waals surface area contributed by atoms with Crippen molar-refractivity contribution in [1.82, 2.24) is 9.97 Å².